The van der Waals surface area contributed by atoms with Gasteiger partial charge in [-0.1, -0.05) is 33.6 Å². The highest BCUT2D eigenvalue weighted by atomic mass is 15.2. The van der Waals surface area contributed by atoms with E-state index in [2.05, 4.69) is 38.0 Å². The Balaban J connectivity index is 2.59. The SMILES string of the molecule is CCC(CNC)N(CC(C)C)C1CCCC1. The van der Waals surface area contributed by atoms with E-state index >= 15 is 0 Å². The zero-order valence-electron chi connectivity index (χ0n) is 11.6. The first-order valence-corrected chi connectivity index (χ1v) is 7.09. The molecule has 0 aromatic rings. The van der Waals surface area contributed by atoms with Crippen LogP contribution < -0.4 is 5.32 Å². The van der Waals surface area contributed by atoms with Crippen molar-refractivity contribution in [3.63, 3.8) is 0 Å². The van der Waals surface area contributed by atoms with Crippen molar-refractivity contribution in [2.24, 2.45) is 5.92 Å². The topological polar surface area (TPSA) is 15.3 Å². The lowest BCUT2D eigenvalue weighted by molar-refractivity contribution is 0.114. The predicted molar refractivity (Wildman–Crippen MR) is 71.8 cm³/mol. The summed E-state index contributed by atoms with van der Waals surface area (Å²) in [4.78, 5) is 2.79. The molecule has 1 fully saturated rings. The standard InChI is InChI=1S/C14H30N2/c1-5-13(10-15-4)16(11-12(2)3)14-8-6-7-9-14/h12-15H,5-11H2,1-4H3. The maximum Gasteiger partial charge on any atom is 0.0220 e. The summed E-state index contributed by atoms with van der Waals surface area (Å²) in [5.41, 5.74) is 0. The molecule has 0 amide bonds. The van der Waals surface area contributed by atoms with E-state index in [0.717, 1.165) is 24.5 Å². The summed E-state index contributed by atoms with van der Waals surface area (Å²) in [6.45, 7) is 9.41. The fourth-order valence-corrected chi connectivity index (χ4v) is 2.99. The Bertz CT molecular complexity index is 174. The van der Waals surface area contributed by atoms with Crippen LogP contribution in [-0.2, 0) is 0 Å². The number of nitrogens with zero attached hydrogens (tertiary/aromatic N) is 1. The van der Waals surface area contributed by atoms with Crippen molar-refractivity contribution in [2.75, 3.05) is 20.1 Å². The van der Waals surface area contributed by atoms with Gasteiger partial charge in [-0.05, 0) is 32.2 Å². The number of rotatable bonds is 7. The van der Waals surface area contributed by atoms with Crippen molar-refractivity contribution >= 4 is 0 Å². The zero-order chi connectivity index (χ0) is 12.0. The molecule has 1 unspecified atom stereocenters. The molecule has 1 aliphatic carbocycles. The van der Waals surface area contributed by atoms with E-state index in [-0.39, 0.29) is 0 Å². The van der Waals surface area contributed by atoms with E-state index in [1.807, 2.05) is 0 Å². The van der Waals surface area contributed by atoms with E-state index in [1.165, 1.54) is 38.6 Å². The van der Waals surface area contributed by atoms with Crippen molar-refractivity contribution in [1.29, 1.82) is 0 Å². The summed E-state index contributed by atoms with van der Waals surface area (Å²) in [5.74, 6) is 0.784. The predicted octanol–water partition coefficient (Wildman–Crippen LogP) is 2.89. The molecule has 0 bridgehead atoms. The molecule has 96 valence electrons. The smallest absolute Gasteiger partial charge is 0.0220 e. The summed E-state index contributed by atoms with van der Waals surface area (Å²) in [6, 6.07) is 1.59. The van der Waals surface area contributed by atoms with Crippen LogP contribution >= 0.6 is 0 Å². The summed E-state index contributed by atoms with van der Waals surface area (Å²) < 4.78 is 0. The lowest BCUT2D eigenvalue weighted by atomic mass is 10.1. The van der Waals surface area contributed by atoms with Crippen LogP contribution in [0.2, 0.25) is 0 Å². The van der Waals surface area contributed by atoms with Crippen molar-refractivity contribution in [3.05, 3.63) is 0 Å². The maximum absolute atomic E-state index is 3.35. The number of hydrogen-bond donors (Lipinski definition) is 1. The molecule has 1 atom stereocenters. The maximum atomic E-state index is 3.35. The third-order valence-electron chi connectivity index (χ3n) is 3.75. The Kier molecular flexibility index (Phi) is 6.37. The van der Waals surface area contributed by atoms with Gasteiger partial charge in [0.1, 0.15) is 0 Å². The highest BCUT2D eigenvalue weighted by Crippen LogP contribution is 2.26. The highest BCUT2D eigenvalue weighted by Gasteiger charge is 2.27. The molecule has 0 aliphatic heterocycles. The summed E-state index contributed by atoms with van der Waals surface area (Å²) in [6.07, 6.45) is 6.99. The Morgan fingerprint density at radius 3 is 2.31 bits per heavy atom. The van der Waals surface area contributed by atoms with Crippen molar-refractivity contribution in [2.45, 2.75) is 65.0 Å². The van der Waals surface area contributed by atoms with Crippen LogP contribution in [0.1, 0.15) is 52.9 Å². The van der Waals surface area contributed by atoms with E-state index in [4.69, 9.17) is 0 Å². The van der Waals surface area contributed by atoms with Gasteiger partial charge in [-0.3, -0.25) is 4.90 Å². The molecule has 2 nitrogen and oxygen atoms in total. The number of nitrogens with one attached hydrogen (secondary N) is 1. The van der Waals surface area contributed by atoms with Gasteiger partial charge in [-0.2, -0.15) is 0 Å². The van der Waals surface area contributed by atoms with Gasteiger partial charge in [0.15, 0.2) is 0 Å². The minimum atomic E-state index is 0.732. The van der Waals surface area contributed by atoms with Crippen LogP contribution in [0.3, 0.4) is 0 Å². The summed E-state index contributed by atoms with van der Waals surface area (Å²) in [7, 11) is 2.07. The fourth-order valence-electron chi connectivity index (χ4n) is 2.99. The lowest BCUT2D eigenvalue weighted by Crippen LogP contribution is -2.47. The number of hydrogen-bond acceptors (Lipinski definition) is 2. The molecule has 0 aromatic heterocycles. The van der Waals surface area contributed by atoms with Crippen molar-refractivity contribution in [1.82, 2.24) is 10.2 Å². The molecule has 0 heterocycles. The molecule has 1 saturated carbocycles. The van der Waals surface area contributed by atoms with E-state index in [0.29, 0.717) is 0 Å². The molecule has 0 saturated heterocycles. The largest absolute Gasteiger partial charge is 0.318 e. The van der Waals surface area contributed by atoms with Crippen LogP contribution in [0, 0.1) is 5.92 Å². The van der Waals surface area contributed by atoms with Gasteiger partial charge >= 0.3 is 0 Å². The summed E-state index contributed by atoms with van der Waals surface area (Å²) >= 11 is 0. The van der Waals surface area contributed by atoms with Crippen molar-refractivity contribution in [3.8, 4) is 0 Å². The van der Waals surface area contributed by atoms with Crippen LogP contribution in [0.5, 0.6) is 0 Å². The molecular formula is C14H30N2. The Morgan fingerprint density at radius 1 is 1.25 bits per heavy atom. The quantitative estimate of drug-likeness (QED) is 0.718. The molecular weight excluding hydrogens is 196 g/mol. The Labute approximate surface area is 102 Å². The third kappa shape index (κ3) is 4.06. The minimum absolute atomic E-state index is 0.732. The molecule has 1 N–H and O–H groups in total. The second-order valence-corrected chi connectivity index (χ2v) is 5.65. The van der Waals surface area contributed by atoms with Crippen LogP contribution in [0.25, 0.3) is 0 Å². The van der Waals surface area contributed by atoms with E-state index in [9.17, 15) is 0 Å². The number of likely N-dealkylation sites (N-methyl/N-ethyl adjacent to an activating group) is 1. The van der Waals surface area contributed by atoms with Gasteiger partial charge in [0.25, 0.3) is 0 Å². The Hall–Kier alpha value is -0.0800. The lowest BCUT2D eigenvalue weighted by Gasteiger charge is -2.37. The van der Waals surface area contributed by atoms with E-state index in [1.54, 1.807) is 0 Å². The fraction of sp³-hybridized carbons (Fsp3) is 1.00. The van der Waals surface area contributed by atoms with Crippen LogP contribution in [0.4, 0.5) is 0 Å². The molecule has 0 spiro atoms. The molecule has 2 heteroatoms. The minimum Gasteiger partial charge on any atom is -0.318 e. The van der Waals surface area contributed by atoms with Crippen LogP contribution in [0.15, 0.2) is 0 Å². The Morgan fingerprint density at radius 2 is 1.88 bits per heavy atom. The van der Waals surface area contributed by atoms with Gasteiger partial charge < -0.3 is 5.32 Å². The average Bonchev–Trinajstić information content (AvgIpc) is 2.76. The zero-order valence-corrected chi connectivity index (χ0v) is 11.6. The molecule has 0 aromatic carbocycles. The molecule has 1 rings (SSSR count). The average molecular weight is 226 g/mol. The van der Waals surface area contributed by atoms with E-state index < -0.39 is 0 Å². The van der Waals surface area contributed by atoms with Crippen molar-refractivity contribution < 1.29 is 0 Å². The van der Waals surface area contributed by atoms with Gasteiger partial charge in [0, 0.05) is 25.2 Å². The molecule has 1 aliphatic rings. The monoisotopic (exact) mass is 226 g/mol. The molecule has 0 radical (unpaired) electrons. The highest BCUT2D eigenvalue weighted by molar-refractivity contribution is 4.83. The van der Waals surface area contributed by atoms with Gasteiger partial charge in [0.05, 0.1) is 0 Å². The first-order chi connectivity index (χ1) is 7.69. The third-order valence-corrected chi connectivity index (χ3v) is 3.75. The normalized spacial score (nSPS) is 19.9. The second kappa shape index (κ2) is 7.29. The summed E-state index contributed by atoms with van der Waals surface area (Å²) in [5, 5.41) is 3.35. The first kappa shape index (κ1) is 14.0. The van der Waals surface area contributed by atoms with Gasteiger partial charge in [-0.15, -0.1) is 0 Å². The first-order valence-electron chi connectivity index (χ1n) is 7.09. The van der Waals surface area contributed by atoms with Crippen LogP contribution in [-0.4, -0.2) is 37.1 Å². The second-order valence-electron chi connectivity index (χ2n) is 5.65. The van der Waals surface area contributed by atoms with Gasteiger partial charge in [-0.25, -0.2) is 0 Å². The molecule has 16 heavy (non-hydrogen) atoms. The van der Waals surface area contributed by atoms with Gasteiger partial charge in [0.2, 0.25) is 0 Å².